The standard InChI is InChI=1S/C16H12ClFN2O2/c1-4-9-10(6-5-8(2)14(9)18)12-7-11(19)13(17)15(20-12)16(21)22-3/h1,5-7H,2-3H3,(H2,19,20). The fraction of sp³-hybridized carbons (Fsp3) is 0.125. The first-order valence-electron chi connectivity index (χ1n) is 6.21. The molecule has 2 N–H and O–H groups in total. The van der Waals surface area contributed by atoms with Crippen molar-refractivity contribution in [3.63, 3.8) is 0 Å². The number of methoxy groups -OCH3 is 1. The molecule has 0 saturated carbocycles. The number of carbonyl (C=O) groups is 1. The number of rotatable bonds is 2. The van der Waals surface area contributed by atoms with Gasteiger partial charge in [-0.3, -0.25) is 0 Å². The Bertz CT molecular complexity index is 813. The fourth-order valence-corrected chi connectivity index (χ4v) is 2.13. The fourth-order valence-electron chi connectivity index (χ4n) is 1.95. The number of hydrogen-bond donors (Lipinski definition) is 1. The predicted octanol–water partition coefficient (Wildman–Crippen LogP) is 3.20. The third-order valence-electron chi connectivity index (χ3n) is 3.12. The molecule has 2 aromatic rings. The Balaban J connectivity index is 2.75. The lowest BCUT2D eigenvalue weighted by atomic mass is 10.0. The Morgan fingerprint density at radius 1 is 1.50 bits per heavy atom. The van der Waals surface area contributed by atoms with Gasteiger partial charge >= 0.3 is 5.97 Å². The maximum absolute atomic E-state index is 14.1. The van der Waals surface area contributed by atoms with Gasteiger partial charge in [-0.1, -0.05) is 29.7 Å². The van der Waals surface area contributed by atoms with Crippen LogP contribution in [0.15, 0.2) is 18.2 Å². The molecule has 0 spiro atoms. The summed E-state index contributed by atoms with van der Waals surface area (Å²) in [6.45, 7) is 1.60. The Hall–Kier alpha value is -2.58. The molecule has 1 aromatic heterocycles. The highest BCUT2D eigenvalue weighted by molar-refractivity contribution is 6.35. The largest absolute Gasteiger partial charge is 0.464 e. The molecule has 1 aromatic carbocycles. The number of nitrogen functional groups attached to an aromatic ring is 1. The number of anilines is 1. The van der Waals surface area contributed by atoms with Crippen LogP contribution in [-0.2, 0) is 4.74 Å². The summed E-state index contributed by atoms with van der Waals surface area (Å²) in [6, 6.07) is 4.61. The van der Waals surface area contributed by atoms with Crippen LogP contribution >= 0.6 is 11.6 Å². The van der Waals surface area contributed by atoms with E-state index >= 15 is 0 Å². The minimum atomic E-state index is -0.742. The molecule has 0 saturated heterocycles. The minimum absolute atomic E-state index is 0.0227. The van der Waals surface area contributed by atoms with Crippen LogP contribution in [0.4, 0.5) is 10.1 Å². The van der Waals surface area contributed by atoms with E-state index in [9.17, 15) is 9.18 Å². The highest BCUT2D eigenvalue weighted by Crippen LogP contribution is 2.31. The van der Waals surface area contributed by atoms with Crippen molar-refractivity contribution in [2.75, 3.05) is 12.8 Å². The number of esters is 1. The zero-order valence-corrected chi connectivity index (χ0v) is 12.7. The Kier molecular flexibility index (Phi) is 4.34. The molecule has 22 heavy (non-hydrogen) atoms. The van der Waals surface area contributed by atoms with Crippen molar-refractivity contribution >= 4 is 23.3 Å². The number of aryl methyl sites for hydroxylation is 1. The molecule has 0 bridgehead atoms. The van der Waals surface area contributed by atoms with Crippen LogP contribution in [0.3, 0.4) is 0 Å². The van der Waals surface area contributed by atoms with E-state index in [1.165, 1.54) is 13.2 Å². The van der Waals surface area contributed by atoms with Crippen molar-refractivity contribution in [2.45, 2.75) is 6.92 Å². The molecule has 4 nitrogen and oxygen atoms in total. The molecule has 0 radical (unpaired) electrons. The summed E-state index contributed by atoms with van der Waals surface area (Å²) in [6.07, 6.45) is 5.38. The van der Waals surface area contributed by atoms with Gasteiger partial charge in [0, 0.05) is 5.56 Å². The summed E-state index contributed by atoms with van der Waals surface area (Å²) in [4.78, 5) is 15.8. The van der Waals surface area contributed by atoms with Gasteiger partial charge in [-0.15, -0.1) is 6.42 Å². The molecule has 112 valence electrons. The van der Waals surface area contributed by atoms with Gasteiger partial charge in [0.2, 0.25) is 0 Å². The number of benzene rings is 1. The Morgan fingerprint density at radius 2 is 2.18 bits per heavy atom. The number of carbonyl (C=O) groups excluding carboxylic acids is 1. The van der Waals surface area contributed by atoms with E-state index in [2.05, 4.69) is 15.6 Å². The molecule has 0 fully saturated rings. The van der Waals surface area contributed by atoms with Crippen LogP contribution in [-0.4, -0.2) is 18.1 Å². The number of aromatic nitrogens is 1. The lowest BCUT2D eigenvalue weighted by Gasteiger charge is -2.11. The number of ether oxygens (including phenoxy) is 1. The van der Waals surface area contributed by atoms with Gasteiger partial charge in [0.25, 0.3) is 0 Å². The van der Waals surface area contributed by atoms with Crippen LogP contribution in [0.5, 0.6) is 0 Å². The van der Waals surface area contributed by atoms with Crippen LogP contribution in [0.1, 0.15) is 21.6 Å². The minimum Gasteiger partial charge on any atom is -0.464 e. The van der Waals surface area contributed by atoms with E-state index in [1.54, 1.807) is 19.1 Å². The lowest BCUT2D eigenvalue weighted by molar-refractivity contribution is 0.0594. The Labute approximate surface area is 132 Å². The molecule has 0 amide bonds. The molecular formula is C16H12ClFN2O2. The maximum atomic E-state index is 14.1. The van der Waals surface area contributed by atoms with Crippen molar-refractivity contribution in [2.24, 2.45) is 0 Å². The third kappa shape index (κ3) is 2.61. The highest BCUT2D eigenvalue weighted by Gasteiger charge is 2.19. The second-order valence-corrected chi connectivity index (χ2v) is 4.89. The SMILES string of the molecule is C#Cc1c(-c2cc(N)c(Cl)c(C(=O)OC)n2)ccc(C)c1F. The average Bonchev–Trinajstić information content (AvgIpc) is 2.51. The van der Waals surface area contributed by atoms with Gasteiger partial charge in [-0.2, -0.15) is 0 Å². The van der Waals surface area contributed by atoms with Gasteiger partial charge in [0.15, 0.2) is 5.69 Å². The Morgan fingerprint density at radius 3 is 2.77 bits per heavy atom. The lowest BCUT2D eigenvalue weighted by Crippen LogP contribution is -2.08. The number of hydrogen-bond acceptors (Lipinski definition) is 4. The summed E-state index contributed by atoms with van der Waals surface area (Å²) in [7, 11) is 1.20. The van der Waals surface area contributed by atoms with E-state index < -0.39 is 11.8 Å². The zero-order chi connectivity index (χ0) is 16.4. The molecule has 0 aliphatic carbocycles. The van der Waals surface area contributed by atoms with E-state index in [0.717, 1.165) is 0 Å². The molecule has 1 heterocycles. The van der Waals surface area contributed by atoms with E-state index in [1.807, 2.05) is 0 Å². The van der Waals surface area contributed by atoms with Crippen LogP contribution in [0.25, 0.3) is 11.3 Å². The van der Waals surface area contributed by atoms with Gasteiger partial charge in [-0.25, -0.2) is 14.2 Å². The quantitative estimate of drug-likeness (QED) is 0.682. The molecule has 0 atom stereocenters. The topological polar surface area (TPSA) is 65.2 Å². The van der Waals surface area contributed by atoms with Crippen LogP contribution in [0.2, 0.25) is 5.02 Å². The highest BCUT2D eigenvalue weighted by atomic mass is 35.5. The van der Waals surface area contributed by atoms with Crippen LogP contribution < -0.4 is 5.73 Å². The van der Waals surface area contributed by atoms with Crippen molar-refractivity contribution in [1.29, 1.82) is 0 Å². The van der Waals surface area contributed by atoms with Crippen LogP contribution in [0, 0.1) is 25.1 Å². The number of nitrogens with two attached hydrogens (primary N) is 1. The van der Waals surface area contributed by atoms with Gasteiger partial charge in [0.1, 0.15) is 5.82 Å². The molecule has 6 heteroatoms. The normalized spacial score (nSPS) is 10.1. The molecule has 0 aliphatic rings. The summed E-state index contributed by atoms with van der Waals surface area (Å²) >= 11 is 5.95. The number of terminal acetylenes is 1. The van der Waals surface area contributed by atoms with Crippen molar-refractivity contribution < 1.29 is 13.9 Å². The van der Waals surface area contributed by atoms with Gasteiger partial charge in [-0.05, 0) is 18.6 Å². The van der Waals surface area contributed by atoms with E-state index in [4.69, 9.17) is 23.8 Å². The summed E-state index contributed by atoms with van der Waals surface area (Å²) in [5, 5.41) is -0.0227. The van der Waals surface area contributed by atoms with E-state index in [0.29, 0.717) is 11.1 Å². The van der Waals surface area contributed by atoms with Crippen molar-refractivity contribution in [3.8, 4) is 23.6 Å². The first kappa shape index (κ1) is 15.8. The molecule has 0 unspecified atom stereocenters. The van der Waals surface area contributed by atoms with Crippen molar-refractivity contribution in [3.05, 3.63) is 45.9 Å². The van der Waals surface area contributed by atoms with Crippen molar-refractivity contribution in [1.82, 2.24) is 4.98 Å². The number of halogens is 2. The first-order chi connectivity index (χ1) is 10.4. The number of pyridine rings is 1. The van der Waals surface area contributed by atoms with Gasteiger partial charge in [0.05, 0.1) is 29.1 Å². The summed E-state index contributed by atoms with van der Waals surface area (Å²) in [5.74, 6) is 1.03. The smallest absolute Gasteiger partial charge is 0.358 e. The summed E-state index contributed by atoms with van der Waals surface area (Å²) < 4.78 is 18.7. The molecule has 0 aliphatic heterocycles. The average molecular weight is 319 g/mol. The molecular weight excluding hydrogens is 307 g/mol. The monoisotopic (exact) mass is 318 g/mol. The summed E-state index contributed by atoms with van der Waals surface area (Å²) in [5.41, 5.74) is 6.80. The first-order valence-corrected chi connectivity index (χ1v) is 6.59. The van der Waals surface area contributed by atoms with Gasteiger partial charge < -0.3 is 10.5 Å². The predicted molar refractivity (Wildman–Crippen MR) is 83.1 cm³/mol. The zero-order valence-electron chi connectivity index (χ0n) is 11.9. The number of nitrogens with zero attached hydrogens (tertiary/aromatic N) is 1. The maximum Gasteiger partial charge on any atom is 0.358 e. The molecule has 2 rings (SSSR count). The second-order valence-electron chi connectivity index (χ2n) is 4.51. The van der Waals surface area contributed by atoms with E-state index in [-0.39, 0.29) is 27.7 Å². The second kappa shape index (κ2) is 6.04. The third-order valence-corrected chi connectivity index (χ3v) is 3.52.